The number of carboxylic acids is 1. The van der Waals surface area contributed by atoms with E-state index in [4.69, 9.17) is 18.0 Å². The van der Waals surface area contributed by atoms with Gasteiger partial charge in [0, 0.05) is 12.2 Å². The molecule has 0 bridgehead atoms. The number of amides is 5. The van der Waals surface area contributed by atoms with E-state index in [2.05, 4.69) is 37.2 Å². The van der Waals surface area contributed by atoms with E-state index >= 15 is 0 Å². The quantitative estimate of drug-likeness (QED) is 0.0516. The molecule has 18 nitrogen and oxygen atoms in total. The molecule has 1 heterocycles. The van der Waals surface area contributed by atoms with E-state index in [1.165, 1.54) is 6.92 Å². The molecule has 0 aromatic heterocycles. The third kappa shape index (κ3) is 13.4. The standard InChI is InChI=1S/C28H42N8O10S/c1-14(37)21(25(43)34-16(27(45)46)8-5-10-31-28(47)33-15-6-3-2-4-7-15)35-20(41)13-32-24(42)23(18(39)12-19(29)40)36-26(44)22-17(38)9-11-30-22/h2-4,6-7,14,16-18,21-23,30,37-39H,5,8-13H2,1H3,(H2,29,40)(H,32,42)(H,34,43)(H,35,41)(H,36,44)(H,45,46)(H2,31,33,47)/t14-,16+,17+,18-,21-,22+,23+/m1/s1. The second-order valence-corrected chi connectivity index (χ2v) is 11.2. The first-order valence-electron chi connectivity index (χ1n) is 14.8. The van der Waals surface area contributed by atoms with Crippen LogP contribution in [0.2, 0.25) is 0 Å². The fourth-order valence-electron chi connectivity index (χ4n) is 4.49. The van der Waals surface area contributed by atoms with Crippen molar-refractivity contribution in [3.8, 4) is 0 Å². The molecule has 47 heavy (non-hydrogen) atoms. The highest BCUT2D eigenvalue weighted by molar-refractivity contribution is 7.80. The molecule has 13 N–H and O–H groups in total. The van der Waals surface area contributed by atoms with Crippen LogP contribution in [0.15, 0.2) is 30.3 Å². The molecule has 1 saturated heterocycles. The number of primary amides is 1. The van der Waals surface area contributed by atoms with Gasteiger partial charge in [-0.05, 0) is 57.1 Å². The van der Waals surface area contributed by atoms with Gasteiger partial charge < -0.3 is 63.4 Å². The predicted octanol–water partition coefficient (Wildman–Crippen LogP) is -4.25. The van der Waals surface area contributed by atoms with Crippen LogP contribution in [-0.2, 0) is 28.8 Å². The highest BCUT2D eigenvalue weighted by Gasteiger charge is 2.37. The molecule has 0 unspecified atom stereocenters. The number of rotatable bonds is 18. The van der Waals surface area contributed by atoms with Gasteiger partial charge in [0.25, 0.3) is 0 Å². The van der Waals surface area contributed by atoms with Crippen LogP contribution in [0.25, 0.3) is 0 Å². The van der Waals surface area contributed by atoms with Crippen LogP contribution >= 0.6 is 12.2 Å². The topological polar surface area (TPSA) is 294 Å². The van der Waals surface area contributed by atoms with Crippen molar-refractivity contribution in [3.63, 3.8) is 0 Å². The largest absolute Gasteiger partial charge is 0.480 e. The maximum atomic E-state index is 12.9. The monoisotopic (exact) mass is 682 g/mol. The Balaban J connectivity index is 1.91. The van der Waals surface area contributed by atoms with E-state index in [1.54, 1.807) is 0 Å². The molecule has 1 fully saturated rings. The number of carbonyl (C=O) groups is 6. The van der Waals surface area contributed by atoms with Gasteiger partial charge in [0.1, 0.15) is 24.2 Å². The molecule has 260 valence electrons. The van der Waals surface area contributed by atoms with Crippen molar-refractivity contribution in [2.75, 3.05) is 25.0 Å². The molecule has 0 aliphatic carbocycles. The van der Waals surface area contributed by atoms with E-state index < -0.39 is 91.0 Å². The van der Waals surface area contributed by atoms with E-state index in [9.17, 15) is 49.2 Å². The summed E-state index contributed by atoms with van der Waals surface area (Å²) in [5, 5.41) is 57.8. The van der Waals surface area contributed by atoms with Crippen LogP contribution in [0.5, 0.6) is 0 Å². The number of aliphatic carboxylic acids is 1. The summed E-state index contributed by atoms with van der Waals surface area (Å²) >= 11 is 5.20. The number of carboxylic acid groups (broad SMARTS) is 1. The molecular weight excluding hydrogens is 640 g/mol. The molecule has 1 aliphatic heterocycles. The van der Waals surface area contributed by atoms with E-state index in [1.807, 2.05) is 30.3 Å². The first-order valence-corrected chi connectivity index (χ1v) is 15.2. The molecule has 1 aromatic rings. The first kappa shape index (κ1) is 38.8. The van der Waals surface area contributed by atoms with Crippen molar-refractivity contribution in [2.45, 2.75) is 75.1 Å². The minimum absolute atomic E-state index is 0.0211. The lowest BCUT2D eigenvalue weighted by Gasteiger charge is -2.26. The number of benzene rings is 1. The summed E-state index contributed by atoms with van der Waals surface area (Å²) in [6, 6.07) is 3.29. The average molecular weight is 683 g/mol. The molecular formula is C28H42N8O10S. The van der Waals surface area contributed by atoms with Gasteiger partial charge in [0.05, 0.1) is 31.3 Å². The average Bonchev–Trinajstić information content (AvgIpc) is 3.44. The molecule has 1 aliphatic rings. The van der Waals surface area contributed by atoms with Crippen LogP contribution in [-0.4, -0.2) is 123 Å². The zero-order valence-corrected chi connectivity index (χ0v) is 26.4. The molecule has 0 spiro atoms. The van der Waals surface area contributed by atoms with Crippen LogP contribution in [0, 0.1) is 0 Å². The summed E-state index contributed by atoms with van der Waals surface area (Å²) in [5.74, 6) is -6.26. The van der Waals surface area contributed by atoms with Gasteiger partial charge in [-0.2, -0.15) is 0 Å². The summed E-state index contributed by atoms with van der Waals surface area (Å²) < 4.78 is 0. The van der Waals surface area contributed by atoms with Crippen molar-refractivity contribution < 1.29 is 49.2 Å². The number of aliphatic hydroxyl groups is 3. The Morgan fingerprint density at radius 3 is 2.26 bits per heavy atom. The lowest BCUT2D eigenvalue weighted by molar-refractivity contribution is -0.143. The van der Waals surface area contributed by atoms with Gasteiger partial charge in [-0.25, -0.2) is 4.79 Å². The Bertz CT molecular complexity index is 1270. The first-order chi connectivity index (χ1) is 22.2. The van der Waals surface area contributed by atoms with Crippen molar-refractivity contribution >= 4 is 58.5 Å². The Hall–Kier alpha value is -4.43. The van der Waals surface area contributed by atoms with Gasteiger partial charge in [-0.3, -0.25) is 24.0 Å². The second-order valence-electron chi connectivity index (χ2n) is 10.8. The zero-order valence-electron chi connectivity index (χ0n) is 25.6. The summed E-state index contributed by atoms with van der Waals surface area (Å²) in [6.07, 6.45) is -4.52. The number of para-hydroxylation sites is 1. The molecule has 0 radical (unpaired) electrons. The van der Waals surface area contributed by atoms with Crippen molar-refractivity contribution in [2.24, 2.45) is 5.73 Å². The fourth-order valence-corrected chi connectivity index (χ4v) is 4.71. The highest BCUT2D eigenvalue weighted by atomic mass is 32.1. The van der Waals surface area contributed by atoms with Crippen LogP contribution in [0.3, 0.4) is 0 Å². The zero-order chi connectivity index (χ0) is 35.1. The highest BCUT2D eigenvalue weighted by Crippen LogP contribution is 2.09. The number of nitrogens with two attached hydrogens (primary N) is 1. The van der Waals surface area contributed by atoms with E-state index in [-0.39, 0.29) is 25.8 Å². The van der Waals surface area contributed by atoms with Crippen LogP contribution < -0.4 is 43.0 Å². The summed E-state index contributed by atoms with van der Waals surface area (Å²) in [5.41, 5.74) is 5.86. The van der Waals surface area contributed by atoms with Gasteiger partial charge in [-0.1, -0.05) is 18.2 Å². The lowest BCUT2D eigenvalue weighted by Crippen LogP contribution is -2.60. The van der Waals surface area contributed by atoms with Crippen molar-refractivity contribution in [3.05, 3.63) is 30.3 Å². The number of hydrogen-bond donors (Lipinski definition) is 12. The smallest absolute Gasteiger partial charge is 0.326 e. The Morgan fingerprint density at radius 2 is 1.68 bits per heavy atom. The molecule has 1 aromatic carbocycles. The normalized spacial score (nSPS) is 18.7. The van der Waals surface area contributed by atoms with Gasteiger partial charge in [0.2, 0.25) is 29.5 Å². The number of thiocarbonyl (C=S) groups is 1. The minimum atomic E-state index is -1.78. The summed E-state index contributed by atoms with van der Waals surface area (Å²) in [4.78, 5) is 74.0. The minimum Gasteiger partial charge on any atom is -0.480 e. The van der Waals surface area contributed by atoms with Gasteiger partial charge in [-0.15, -0.1) is 0 Å². The van der Waals surface area contributed by atoms with Crippen molar-refractivity contribution in [1.29, 1.82) is 0 Å². The molecule has 19 heteroatoms. The van der Waals surface area contributed by atoms with Crippen molar-refractivity contribution in [1.82, 2.24) is 31.9 Å². The van der Waals surface area contributed by atoms with Crippen LogP contribution in [0.4, 0.5) is 5.69 Å². The SMILES string of the molecule is C[C@@H](O)[C@@H](NC(=O)CNC(=O)[C@@H](NC(=O)[C@H]1NCC[C@@H]1O)[C@H](O)CC(N)=O)C(=O)N[C@@H](CCCNC(=S)Nc1ccccc1)C(=O)O. The third-order valence-electron chi connectivity index (χ3n) is 6.95. The number of carbonyl (C=O) groups excluding carboxylic acids is 5. The Labute approximate surface area is 275 Å². The molecule has 5 amide bonds. The fraction of sp³-hybridized carbons (Fsp3) is 0.536. The van der Waals surface area contributed by atoms with E-state index in [0.717, 1.165) is 5.69 Å². The van der Waals surface area contributed by atoms with Crippen LogP contribution in [0.1, 0.15) is 32.6 Å². The summed E-state index contributed by atoms with van der Waals surface area (Å²) in [7, 11) is 0. The second kappa shape index (κ2) is 19.3. The number of nitrogens with one attached hydrogen (secondary N) is 7. The maximum Gasteiger partial charge on any atom is 0.326 e. The summed E-state index contributed by atoms with van der Waals surface area (Å²) in [6.45, 7) is 0.979. The molecule has 7 atom stereocenters. The molecule has 2 rings (SSSR count). The number of hydrogen-bond acceptors (Lipinski definition) is 11. The lowest BCUT2D eigenvalue weighted by atomic mass is 10.0. The third-order valence-corrected chi connectivity index (χ3v) is 7.20. The van der Waals surface area contributed by atoms with E-state index in [0.29, 0.717) is 11.7 Å². The Kier molecular flexibility index (Phi) is 15.9. The van der Waals surface area contributed by atoms with Gasteiger partial charge >= 0.3 is 5.97 Å². The number of anilines is 1. The number of aliphatic hydroxyl groups excluding tert-OH is 3. The maximum absolute atomic E-state index is 12.9. The Morgan fingerprint density at radius 1 is 1.00 bits per heavy atom. The predicted molar refractivity (Wildman–Crippen MR) is 170 cm³/mol. The van der Waals surface area contributed by atoms with Gasteiger partial charge in [0.15, 0.2) is 5.11 Å². The molecule has 0 saturated carbocycles.